The van der Waals surface area contributed by atoms with Crippen LogP contribution in [-0.4, -0.2) is 43.0 Å². The Bertz CT molecular complexity index is 888. The summed E-state index contributed by atoms with van der Waals surface area (Å²) >= 11 is 17.8. The van der Waals surface area contributed by atoms with Crippen LogP contribution in [0.3, 0.4) is 0 Å². The fourth-order valence-electron chi connectivity index (χ4n) is 3.05. The van der Waals surface area contributed by atoms with E-state index in [9.17, 15) is 9.59 Å². The Kier molecular flexibility index (Phi) is 7.61. The van der Waals surface area contributed by atoms with E-state index in [4.69, 9.17) is 34.8 Å². The minimum atomic E-state index is -0.459. The fourth-order valence-corrected chi connectivity index (χ4v) is 3.56. The molecule has 2 aromatic rings. The van der Waals surface area contributed by atoms with Gasteiger partial charge in [0, 0.05) is 42.8 Å². The van der Waals surface area contributed by atoms with E-state index < -0.39 is 6.03 Å². The molecule has 0 saturated carbocycles. The van der Waals surface area contributed by atoms with E-state index in [0.717, 1.165) is 25.2 Å². The second-order valence-corrected chi connectivity index (χ2v) is 8.18. The monoisotopic (exact) mass is 454 g/mol. The van der Waals surface area contributed by atoms with Crippen LogP contribution in [0, 0.1) is 5.92 Å². The van der Waals surface area contributed by atoms with E-state index in [2.05, 4.69) is 20.9 Å². The normalized spacial score (nSPS) is 14.2. The summed E-state index contributed by atoms with van der Waals surface area (Å²) < 4.78 is 0. The number of hydrogen-bond acceptors (Lipinski definition) is 3. The van der Waals surface area contributed by atoms with Gasteiger partial charge in [0.2, 0.25) is 5.91 Å². The van der Waals surface area contributed by atoms with Crippen molar-refractivity contribution in [3.05, 3.63) is 63.1 Å². The lowest BCUT2D eigenvalue weighted by atomic mass is 9.99. The molecule has 0 atom stereocenters. The van der Waals surface area contributed by atoms with Gasteiger partial charge in [-0.05, 0) is 35.9 Å². The van der Waals surface area contributed by atoms with E-state index in [1.165, 1.54) is 0 Å². The first-order chi connectivity index (χ1) is 13.9. The van der Waals surface area contributed by atoms with Crippen LogP contribution in [0.15, 0.2) is 42.5 Å². The summed E-state index contributed by atoms with van der Waals surface area (Å²) in [6.45, 7) is 3.07. The molecule has 2 aromatic carbocycles. The van der Waals surface area contributed by atoms with Gasteiger partial charge in [0.25, 0.3) is 0 Å². The van der Waals surface area contributed by atoms with Gasteiger partial charge in [-0.1, -0.05) is 46.9 Å². The van der Waals surface area contributed by atoms with Gasteiger partial charge in [-0.15, -0.1) is 0 Å². The quantitative estimate of drug-likeness (QED) is 0.590. The summed E-state index contributed by atoms with van der Waals surface area (Å²) in [5.74, 6) is 0.163. The third-order valence-corrected chi connectivity index (χ3v) is 5.48. The number of amides is 3. The third-order valence-electron chi connectivity index (χ3n) is 4.50. The van der Waals surface area contributed by atoms with Crippen molar-refractivity contribution in [3.8, 4) is 0 Å². The van der Waals surface area contributed by atoms with Crippen molar-refractivity contribution in [2.24, 2.45) is 5.92 Å². The number of benzene rings is 2. The van der Waals surface area contributed by atoms with Gasteiger partial charge in [0.15, 0.2) is 0 Å². The average Bonchev–Trinajstić information content (AvgIpc) is 2.64. The van der Waals surface area contributed by atoms with E-state index >= 15 is 0 Å². The molecule has 9 heteroatoms. The van der Waals surface area contributed by atoms with Crippen LogP contribution in [0.25, 0.3) is 0 Å². The SMILES string of the molecule is O=C(CNC(=O)Nc1cccc(Cl)c1)NCC1CN(Cc2ccc(Cl)c(Cl)c2)C1. The van der Waals surface area contributed by atoms with Crippen molar-refractivity contribution in [2.75, 3.05) is 31.5 Å². The highest BCUT2D eigenvalue weighted by atomic mass is 35.5. The summed E-state index contributed by atoms with van der Waals surface area (Å²) in [5.41, 5.74) is 1.67. The fraction of sp³-hybridized carbons (Fsp3) is 0.300. The van der Waals surface area contributed by atoms with Crippen LogP contribution >= 0.6 is 34.8 Å². The molecule has 0 spiro atoms. The Balaban J connectivity index is 1.29. The molecule has 0 bridgehead atoms. The first-order valence-electron chi connectivity index (χ1n) is 9.12. The van der Waals surface area contributed by atoms with E-state index in [-0.39, 0.29) is 12.5 Å². The lowest BCUT2D eigenvalue weighted by Crippen LogP contribution is -2.51. The molecule has 0 aromatic heterocycles. The smallest absolute Gasteiger partial charge is 0.319 e. The number of urea groups is 1. The van der Waals surface area contributed by atoms with Crippen LogP contribution in [0.4, 0.5) is 10.5 Å². The maximum Gasteiger partial charge on any atom is 0.319 e. The Morgan fingerprint density at radius 1 is 1.00 bits per heavy atom. The van der Waals surface area contributed by atoms with Gasteiger partial charge in [-0.25, -0.2) is 4.79 Å². The number of likely N-dealkylation sites (tertiary alicyclic amines) is 1. The van der Waals surface area contributed by atoms with Crippen molar-refractivity contribution in [2.45, 2.75) is 6.54 Å². The van der Waals surface area contributed by atoms with Gasteiger partial charge in [-0.3, -0.25) is 9.69 Å². The van der Waals surface area contributed by atoms with Crippen LogP contribution in [0.2, 0.25) is 15.1 Å². The van der Waals surface area contributed by atoms with Gasteiger partial charge < -0.3 is 16.0 Å². The van der Waals surface area contributed by atoms with Crippen LogP contribution < -0.4 is 16.0 Å². The number of anilines is 1. The summed E-state index contributed by atoms with van der Waals surface area (Å²) in [6, 6.07) is 12.0. The Morgan fingerprint density at radius 3 is 2.52 bits per heavy atom. The molecule has 1 aliphatic heterocycles. The van der Waals surface area contributed by atoms with Crippen LogP contribution in [0.1, 0.15) is 5.56 Å². The molecule has 1 aliphatic rings. The standard InChI is InChI=1S/C20H21Cl3N4O2/c21-15-2-1-3-16(7-15)26-20(29)25-9-19(28)24-8-14-11-27(12-14)10-13-4-5-17(22)18(23)6-13/h1-7,14H,8-12H2,(H,24,28)(H2,25,26,29). The van der Waals surface area contributed by atoms with Gasteiger partial charge in [0.1, 0.15) is 0 Å². The Morgan fingerprint density at radius 2 is 1.79 bits per heavy atom. The third kappa shape index (κ3) is 6.78. The molecular formula is C20H21Cl3N4O2. The van der Waals surface area contributed by atoms with E-state index in [1.54, 1.807) is 30.3 Å². The Hall–Kier alpha value is -1.99. The average molecular weight is 456 g/mol. The van der Waals surface area contributed by atoms with Crippen LogP contribution in [-0.2, 0) is 11.3 Å². The second kappa shape index (κ2) is 10.2. The maximum atomic E-state index is 11.9. The van der Waals surface area contributed by atoms with E-state index in [0.29, 0.717) is 33.2 Å². The lowest BCUT2D eigenvalue weighted by Gasteiger charge is -2.39. The minimum absolute atomic E-state index is 0.0912. The molecule has 29 heavy (non-hydrogen) atoms. The van der Waals surface area contributed by atoms with Crippen molar-refractivity contribution >= 4 is 52.4 Å². The highest BCUT2D eigenvalue weighted by molar-refractivity contribution is 6.42. The number of rotatable bonds is 7. The summed E-state index contributed by atoms with van der Waals surface area (Å²) in [6.07, 6.45) is 0. The largest absolute Gasteiger partial charge is 0.354 e. The number of carbonyl (C=O) groups excluding carboxylic acids is 2. The summed E-state index contributed by atoms with van der Waals surface area (Å²) in [5, 5.41) is 9.62. The maximum absolute atomic E-state index is 11.9. The van der Waals surface area contributed by atoms with Crippen molar-refractivity contribution in [1.82, 2.24) is 15.5 Å². The molecule has 0 unspecified atom stereocenters. The first-order valence-corrected chi connectivity index (χ1v) is 10.3. The predicted molar refractivity (Wildman–Crippen MR) is 117 cm³/mol. The minimum Gasteiger partial charge on any atom is -0.354 e. The van der Waals surface area contributed by atoms with Gasteiger partial charge in [0.05, 0.1) is 16.6 Å². The zero-order chi connectivity index (χ0) is 20.8. The van der Waals surface area contributed by atoms with Gasteiger partial charge in [-0.2, -0.15) is 0 Å². The van der Waals surface area contributed by atoms with Gasteiger partial charge >= 0.3 is 6.03 Å². The second-order valence-electron chi connectivity index (χ2n) is 6.93. The van der Waals surface area contributed by atoms with Crippen LogP contribution in [0.5, 0.6) is 0 Å². The number of hydrogen-bond donors (Lipinski definition) is 3. The molecule has 3 rings (SSSR count). The molecule has 3 N–H and O–H groups in total. The summed E-state index contributed by atoms with van der Waals surface area (Å²) in [4.78, 5) is 26.0. The molecule has 6 nitrogen and oxygen atoms in total. The zero-order valence-electron chi connectivity index (χ0n) is 15.6. The molecule has 154 valence electrons. The van der Waals surface area contributed by atoms with Crippen molar-refractivity contribution in [1.29, 1.82) is 0 Å². The summed E-state index contributed by atoms with van der Waals surface area (Å²) in [7, 11) is 0. The Labute approximate surface area is 184 Å². The molecule has 1 saturated heterocycles. The van der Waals surface area contributed by atoms with Crippen molar-refractivity contribution in [3.63, 3.8) is 0 Å². The highest BCUT2D eigenvalue weighted by Gasteiger charge is 2.26. The zero-order valence-corrected chi connectivity index (χ0v) is 17.8. The number of carbonyl (C=O) groups is 2. The number of nitrogens with one attached hydrogen (secondary N) is 3. The molecule has 0 radical (unpaired) electrons. The highest BCUT2D eigenvalue weighted by Crippen LogP contribution is 2.25. The number of nitrogens with zero attached hydrogens (tertiary/aromatic N) is 1. The predicted octanol–water partition coefficient (Wildman–Crippen LogP) is 4.02. The molecule has 3 amide bonds. The molecule has 0 aliphatic carbocycles. The molecular weight excluding hydrogens is 435 g/mol. The van der Waals surface area contributed by atoms with E-state index in [1.807, 2.05) is 12.1 Å². The molecule has 1 heterocycles. The topological polar surface area (TPSA) is 73.5 Å². The lowest BCUT2D eigenvalue weighted by molar-refractivity contribution is -0.120. The molecule has 1 fully saturated rings. The first kappa shape index (κ1) is 21.7. The van der Waals surface area contributed by atoms with Crippen molar-refractivity contribution < 1.29 is 9.59 Å². The number of halogens is 3.